The molecule has 6 aromatic rings. The van der Waals surface area contributed by atoms with Crippen molar-refractivity contribution in [2.75, 3.05) is 26.4 Å². The van der Waals surface area contributed by atoms with Crippen LogP contribution in [0.5, 0.6) is 11.5 Å². The van der Waals surface area contributed by atoms with Crippen LogP contribution in [0, 0.1) is 13.8 Å². The summed E-state index contributed by atoms with van der Waals surface area (Å²) in [6, 6.07) is 32.2. The van der Waals surface area contributed by atoms with E-state index in [-0.39, 0.29) is 0 Å². The van der Waals surface area contributed by atoms with E-state index < -0.39 is 23.1 Å². The summed E-state index contributed by atoms with van der Waals surface area (Å²) in [5, 5.41) is 27.9. The third kappa shape index (κ3) is 17.0. The maximum absolute atomic E-state index is 11.3. The first kappa shape index (κ1) is 52.6. The van der Waals surface area contributed by atoms with Gasteiger partial charge in [-0.25, -0.2) is 28.9 Å². The number of rotatable bonds is 26. The number of hydrogen-bond acceptors (Lipinski definition) is 10. The van der Waals surface area contributed by atoms with Crippen molar-refractivity contribution in [2.24, 2.45) is 0 Å². The molecule has 68 heavy (non-hydrogen) atoms. The summed E-state index contributed by atoms with van der Waals surface area (Å²) in [5.41, 5.74) is 4.71. The van der Waals surface area contributed by atoms with Crippen LogP contribution in [-0.4, -0.2) is 89.3 Å². The summed E-state index contributed by atoms with van der Waals surface area (Å²) in [7, 11) is 0. The van der Waals surface area contributed by atoms with E-state index >= 15 is 0 Å². The molecule has 0 aliphatic rings. The molecular formula is C54H70N6O8. The first-order valence-corrected chi connectivity index (χ1v) is 23.7. The van der Waals surface area contributed by atoms with Crippen LogP contribution in [0.1, 0.15) is 111 Å². The lowest BCUT2D eigenvalue weighted by Gasteiger charge is -2.21. The number of aromatic nitrogens is 6. The van der Waals surface area contributed by atoms with E-state index in [2.05, 4.69) is 62.4 Å². The molecule has 0 atom stereocenters. The molecule has 2 aromatic heterocycles. The second-order valence-corrected chi connectivity index (χ2v) is 17.9. The predicted molar refractivity (Wildman–Crippen MR) is 263 cm³/mol. The van der Waals surface area contributed by atoms with E-state index in [4.69, 9.17) is 39.1 Å². The predicted octanol–water partition coefficient (Wildman–Crippen LogP) is 9.26. The largest absolute Gasteiger partial charge is 0.478 e. The molecule has 0 amide bonds. The molecule has 0 aliphatic heterocycles. The van der Waals surface area contributed by atoms with Crippen LogP contribution < -0.4 is 9.47 Å². The molecule has 0 fully saturated rings. The molecule has 14 nitrogen and oxygen atoms in total. The van der Waals surface area contributed by atoms with Gasteiger partial charge in [-0.05, 0) is 128 Å². The Bertz CT molecular complexity index is 2460. The SMILES string of the molecule is CCOCCn1nc(CCCc2ccc(OC(C)(C)C(=O)O)cc2)nc1Cc1ccc(C)cc1.CCOCCn1nc(Cc2ccc(C)cc2)nc1CCCc1ccc(OC(C)(C)C(=O)O)cc1. The van der Waals surface area contributed by atoms with Gasteiger partial charge in [0.25, 0.3) is 0 Å². The molecule has 6 rings (SSSR count). The number of aryl methyl sites for hydroxylation is 6. The normalized spacial score (nSPS) is 11.5. The minimum absolute atomic E-state index is 0.548. The fourth-order valence-corrected chi connectivity index (χ4v) is 7.10. The van der Waals surface area contributed by atoms with Crippen molar-refractivity contribution in [1.29, 1.82) is 0 Å². The fourth-order valence-electron chi connectivity index (χ4n) is 7.10. The Morgan fingerprint density at radius 3 is 1.37 bits per heavy atom. The van der Waals surface area contributed by atoms with Gasteiger partial charge in [0, 0.05) is 38.9 Å². The molecule has 0 aliphatic carbocycles. The lowest BCUT2D eigenvalue weighted by atomic mass is 10.1. The topological polar surface area (TPSA) is 173 Å². The van der Waals surface area contributed by atoms with Crippen LogP contribution in [0.4, 0.5) is 0 Å². The molecule has 2 N–H and O–H groups in total. The summed E-state index contributed by atoms with van der Waals surface area (Å²) in [6.45, 7) is 18.3. The Labute approximate surface area is 401 Å². The zero-order valence-electron chi connectivity index (χ0n) is 41.2. The smallest absolute Gasteiger partial charge is 0.347 e. The second kappa shape index (κ2) is 25.7. The van der Waals surface area contributed by atoms with E-state index in [0.29, 0.717) is 57.4 Å². The van der Waals surface area contributed by atoms with Gasteiger partial charge in [-0.1, -0.05) is 83.9 Å². The highest BCUT2D eigenvalue weighted by atomic mass is 16.5. The summed E-state index contributed by atoms with van der Waals surface area (Å²) in [5.74, 6) is 2.73. The van der Waals surface area contributed by atoms with E-state index in [0.717, 1.165) is 73.8 Å². The Balaban J connectivity index is 0.000000254. The Morgan fingerprint density at radius 2 is 0.912 bits per heavy atom. The molecule has 0 unspecified atom stereocenters. The van der Waals surface area contributed by atoms with Gasteiger partial charge in [0.15, 0.2) is 22.9 Å². The van der Waals surface area contributed by atoms with Gasteiger partial charge in [-0.2, -0.15) is 10.2 Å². The van der Waals surface area contributed by atoms with Crippen LogP contribution in [0.25, 0.3) is 0 Å². The van der Waals surface area contributed by atoms with Gasteiger partial charge in [-0.3, -0.25) is 0 Å². The summed E-state index contributed by atoms with van der Waals surface area (Å²) < 4.78 is 26.2. The van der Waals surface area contributed by atoms with Gasteiger partial charge < -0.3 is 29.2 Å². The molecule has 0 bridgehead atoms. The average molecular weight is 931 g/mol. The molecule has 0 spiro atoms. The van der Waals surface area contributed by atoms with Gasteiger partial charge in [0.1, 0.15) is 23.1 Å². The van der Waals surface area contributed by atoms with Crippen LogP contribution in [0.2, 0.25) is 0 Å². The summed E-state index contributed by atoms with van der Waals surface area (Å²) in [6.07, 6.45) is 6.66. The van der Waals surface area contributed by atoms with Gasteiger partial charge in [0.2, 0.25) is 0 Å². The Kier molecular flexibility index (Phi) is 19.9. The van der Waals surface area contributed by atoms with E-state index in [1.165, 1.54) is 55.5 Å². The number of aliphatic carboxylic acids is 2. The van der Waals surface area contributed by atoms with Crippen molar-refractivity contribution in [3.63, 3.8) is 0 Å². The highest BCUT2D eigenvalue weighted by Crippen LogP contribution is 2.22. The second-order valence-electron chi connectivity index (χ2n) is 17.9. The monoisotopic (exact) mass is 931 g/mol. The minimum atomic E-state index is -1.26. The first-order chi connectivity index (χ1) is 32.5. The molecule has 0 radical (unpaired) electrons. The standard InChI is InChI=1S/2C27H35N3O4/c1-5-33-18-17-30-25(28-24(29-30)19-22-11-9-20(2)10-12-22)8-6-7-21-13-15-23(16-14-21)34-27(3,4)26(31)32;1-5-33-18-17-30-25(19-22-11-9-20(2)10-12-22)28-24(29-30)8-6-7-21-13-15-23(16-14-21)34-27(3,4)26(31)32/h2*9-16H,5-8,17-19H2,1-4H3,(H,31,32). The third-order valence-corrected chi connectivity index (χ3v) is 11.2. The minimum Gasteiger partial charge on any atom is -0.478 e. The fraction of sp³-hybridized carbons (Fsp3) is 0.444. The van der Waals surface area contributed by atoms with Crippen molar-refractivity contribution in [1.82, 2.24) is 29.5 Å². The molecule has 364 valence electrons. The van der Waals surface area contributed by atoms with Crippen molar-refractivity contribution >= 4 is 11.9 Å². The molecule has 14 heteroatoms. The van der Waals surface area contributed by atoms with Crippen LogP contribution in [0.15, 0.2) is 97.1 Å². The van der Waals surface area contributed by atoms with Gasteiger partial charge >= 0.3 is 11.9 Å². The van der Waals surface area contributed by atoms with Gasteiger partial charge in [0.05, 0.1) is 26.3 Å². The number of carboxylic acids is 2. The molecule has 0 saturated heterocycles. The molecule has 4 aromatic carbocycles. The molecule has 2 heterocycles. The Hall–Kier alpha value is -6.38. The number of benzene rings is 4. The van der Waals surface area contributed by atoms with Crippen LogP contribution >= 0.6 is 0 Å². The number of carbonyl (C=O) groups is 2. The number of hydrogen-bond donors (Lipinski definition) is 2. The number of ether oxygens (including phenoxy) is 4. The number of carboxylic acid groups (broad SMARTS) is 2. The highest BCUT2D eigenvalue weighted by molar-refractivity contribution is 5.77. The van der Waals surface area contributed by atoms with E-state index in [9.17, 15) is 19.8 Å². The highest BCUT2D eigenvalue weighted by Gasteiger charge is 2.30. The summed E-state index contributed by atoms with van der Waals surface area (Å²) in [4.78, 5) is 32.1. The zero-order chi connectivity index (χ0) is 49.1. The molecular weight excluding hydrogens is 861 g/mol. The summed E-state index contributed by atoms with van der Waals surface area (Å²) >= 11 is 0. The van der Waals surface area contributed by atoms with Crippen molar-refractivity contribution < 1.29 is 38.7 Å². The first-order valence-electron chi connectivity index (χ1n) is 23.7. The van der Waals surface area contributed by atoms with Crippen LogP contribution in [0.3, 0.4) is 0 Å². The Morgan fingerprint density at radius 1 is 0.515 bits per heavy atom. The maximum Gasteiger partial charge on any atom is 0.347 e. The quantitative estimate of drug-likeness (QED) is 0.0495. The van der Waals surface area contributed by atoms with E-state index in [1.807, 2.05) is 71.7 Å². The zero-order valence-corrected chi connectivity index (χ0v) is 41.2. The van der Waals surface area contributed by atoms with Crippen molar-refractivity contribution in [3.05, 3.63) is 154 Å². The van der Waals surface area contributed by atoms with Crippen molar-refractivity contribution in [3.8, 4) is 11.5 Å². The average Bonchev–Trinajstić information content (AvgIpc) is 3.88. The van der Waals surface area contributed by atoms with E-state index in [1.54, 1.807) is 0 Å². The third-order valence-electron chi connectivity index (χ3n) is 11.2. The lowest BCUT2D eigenvalue weighted by Crippen LogP contribution is -2.37. The molecule has 0 saturated carbocycles. The van der Waals surface area contributed by atoms with Gasteiger partial charge in [-0.15, -0.1) is 0 Å². The number of nitrogens with zero attached hydrogens (tertiary/aromatic N) is 6. The van der Waals surface area contributed by atoms with Crippen LogP contribution in [-0.2, 0) is 70.7 Å². The maximum atomic E-state index is 11.3. The lowest BCUT2D eigenvalue weighted by molar-refractivity contribution is -0.152. The van der Waals surface area contributed by atoms with Crippen molar-refractivity contribution in [2.45, 2.75) is 131 Å².